The van der Waals surface area contributed by atoms with E-state index >= 15 is 0 Å². The van der Waals surface area contributed by atoms with Crippen molar-refractivity contribution in [3.8, 4) is 11.5 Å². The highest BCUT2D eigenvalue weighted by Gasteiger charge is 2.22. The van der Waals surface area contributed by atoms with Gasteiger partial charge in [0.05, 0.1) is 6.61 Å². The zero-order chi connectivity index (χ0) is 18.5. The lowest BCUT2D eigenvalue weighted by Gasteiger charge is -2.15. The number of nitrogens with one attached hydrogen (secondary N) is 1. The molecule has 0 unspecified atom stereocenters. The van der Waals surface area contributed by atoms with Gasteiger partial charge in [-0.2, -0.15) is 0 Å². The average molecular weight is 354 g/mol. The van der Waals surface area contributed by atoms with Crippen molar-refractivity contribution in [2.45, 2.75) is 20.3 Å². The smallest absolute Gasteiger partial charge is 0.262 e. The quantitative estimate of drug-likeness (QED) is 0.866. The van der Waals surface area contributed by atoms with E-state index in [0.29, 0.717) is 24.6 Å². The van der Waals surface area contributed by atoms with Crippen LogP contribution in [-0.4, -0.2) is 31.6 Å². The molecule has 0 radical (unpaired) electrons. The molecule has 0 atom stereocenters. The predicted octanol–water partition coefficient (Wildman–Crippen LogP) is 3.01. The van der Waals surface area contributed by atoms with Gasteiger partial charge in [0, 0.05) is 24.8 Å². The Morgan fingerprint density at radius 3 is 2.42 bits per heavy atom. The Labute approximate surface area is 152 Å². The van der Waals surface area contributed by atoms with Gasteiger partial charge >= 0.3 is 0 Å². The van der Waals surface area contributed by atoms with E-state index in [1.54, 1.807) is 42.2 Å². The summed E-state index contributed by atoms with van der Waals surface area (Å²) < 4.78 is 10.9. The zero-order valence-corrected chi connectivity index (χ0v) is 15.0. The molecule has 0 saturated carbocycles. The molecule has 2 amide bonds. The van der Waals surface area contributed by atoms with Crippen LogP contribution in [0.5, 0.6) is 11.5 Å². The summed E-state index contributed by atoms with van der Waals surface area (Å²) in [6, 6.07) is 12.7. The van der Waals surface area contributed by atoms with Crippen molar-refractivity contribution >= 4 is 23.2 Å². The first-order valence-electron chi connectivity index (χ1n) is 8.63. The SMILES string of the molecule is CCOc1ccc(OCC(=O)Nc2ccc3c(c2)CCN3C(C)=O)cc1. The topological polar surface area (TPSA) is 67.9 Å². The van der Waals surface area contributed by atoms with Crippen LogP contribution >= 0.6 is 0 Å². The van der Waals surface area contributed by atoms with Crippen LogP contribution < -0.4 is 19.7 Å². The van der Waals surface area contributed by atoms with Crippen molar-refractivity contribution in [1.29, 1.82) is 0 Å². The molecule has 1 heterocycles. The summed E-state index contributed by atoms with van der Waals surface area (Å²) in [5, 5.41) is 2.83. The number of hydrogen-bond donors (Lipinski definition) is 1. The fourth-order valence-corrected chi connectivity index (χ4v) is 2.95. The van der Waals surface area contributed by atoms with Crippen LogP contribution in [-0.2, 0) is 16.0 Å². The number of fused-ring (bicyclic) bond motifs is 1. The summed E-state index contributed by atoms with van der Waals surface area (Å²) in [6.45, 7) is 4.69. The molecule has 2 aromatic carbocycles. The zero-order valence-electron chi connectivity index (χ0n) is 15.0. The van der Waals surface area contributed by atoms with E-state index in [1.807, 2.05) is 19.1 Å². The fraction of sp³-hybridized carbons (Fsp3) is 0.300. The monoisotopic (exact) mass is 354 g/mol. The van der Waals surface area contributed by atoms with Gasteiger partial charge in [0.25, 0.3) is 5.91 Å². The van der Waals surface area contributed by atoms with Crippen molar-refractivity contribution in [2.75, 3.05) is 30.0 Å². The average Bonchev–Trinajstić information content (AvgIpc) is 3.05. The Bertz CT molecular complexity index is 802. The van der Waals surface area contributed by atoms with Gasteiger partial charge in [-0.05, 0) is 61.4 Å². The van der Waals surface area contributed by atoms with Gasteiger partial charge < -0.3 is 19.7 Å². The molecule has 0 fully saturated rings. The molecule has 3 rings (SSSR count). The van der Waals surface area contributed by atoms with E-state index in [1.165, 1.54) is 0 Å². The maximum absolute atomic E-state index is 12.1. The van der Waals surface area contributed by atoms with Crippen molar-refractivity contribution in [1.82, 2.24) is 0 Å². The molecule has 136 valence electrons. The summed E-state index contributed by atoms with van der Waals surface area (Å²) in [4.78, 5) is 25.4. The van der Waals surface area contributed by atoms with Crippen LogP contribution in [0.4, 0.5) is 11.4 Å². The van der Waals surface area contributed by atoms with E-state index in [-0.39, 0.29) is 18.4 Å². The highest BCUT2D eigenvalue weighted by molar-refractivity contribution is 5.95. The van der Waals surface area contributed by atoms with Gasteiger partial charge in [0.1, 0.15) is 11.5 Å². The van der Waals surface area contributed by atoms with Crippen LogP contribution in [0.2, 0.25) is 0 Å². The normalized spacial score (nSPS) is 12.5. The molecule has 6 nitrogen and oxygen atoms in total. The van der Waals surface area contributed by atoms with Crippen molar-refractivity contribution in [3.63, 3.8) is 0 Å². The molecular formula is C20H22N2O4. The molecule has 1 N–H and O–H groups in total. The molecular weight excluding hydrogens is 332 g/mol. The van der Waals surface area contributed by atoms with Gasteiger partial charge in [-0.1, -0.05) is 0 Å². The van der Waals surface area contributed by atoms with Crippen LogP contribution in [0, 0.1) is 0 Å². The number of benzene rings is 2. The van der Waals surface area contributed by atoms with Crippen molar-refractivity contribution < 1.29 is 19.1 Å². The maximum atomic E-state index is 12.1. The third kappa shape index (κ3) is 4.14. The first-order chi connectivity index (χ1) is 12.6. The van der Waals surface area contributed by atoms with Crippen molar-refractivity contribution in [3.05, 3.63) is 48.0 Å². The predicted molar refractivity (Wildman–Crippen MR) is 99.9 cm³/mol. The minimum Gasteiger partial charge on any atom is -0.494 e. The van der Waals surface area contributed by atoms with Gasteiger partial charge in [0.15, 0.2) is 6.61 Å². The fourth-order valence-electron chi connectivity index (χ4n) is 2.95. The van der Waals surface area contributed by atoms with E-state index in [9.17, 15) is 9.59 Å². The number of amides is 2. The summed E-state index contributed by atoms with van der Waals surface area (Å²) in [5.41, 5.74) is 2.68. The first kappa shape index (κ1) is 17.8. The highest BCUT2D eigenvalue weighted by atomic mass is 16.5. The largest absolute Gasteiger partial charge is 0.494 e. The van der Waals surface area contributed by atoms with Gasteiger partial charge in [0.2, 0.25) is 5.91 Å². The number of carbonyl (C=O) groups is 2. The number of ether oxygens (including phenoxy) is 2. The number of hydrogen-bond acceptors (Lipinski definition) is 4. The molecule has 6 heteroatoms. The molecule has 1 aliphatic rings. The Kier molecular flexibility index (Phi) is 5.41. The number of nitrogens with zero attached hydrogens (tertiary/aromatic N) is 1. The lowest BCUT2D eigenvalue weighted by Crippen LogP contribution is -2.25. The molecule has 0 saturated heterocycles. The standard InChI is InChI=1S/C20H22N2O4/c1-3-25-17-5-7-18(8-6-17)26-13-20(24)21-16-4-9-19-15(12-16)10-11-22(19)14(2)23/h4-9,12H,3,10-11,13H2,1-2H3,(H,21,24). The summed E-state index contributed by atoms with van der Waals surface area (Å²) in [6.07, 6.45) is 0.793. The molecule has 0 spiro atoms. The van der Waals surface area contributed by atoms with Crippen molar-refractivity contribution in [2.24, 2.45) is 0 Å². The summed E-state index contributed by atoms with van der Waals surface area (Å²) >= 11 is 0. The van der Waals surface area contributed by atoms with Gasteiger partial charge in [-0.25, -0.2) is 0 Å². The Morgan fingerprint density at radius 1 is 1.08 bits per heavy atom. The number of anilines is 2. The molecule has 0 aliphatic carbocycles. The Hall–Kier alpha value is -3.02. The number of rotatable bonds is 6. The highest BCUT2D eigenvalue weighted by Crippen LogP contribution is 2.30. The lowest BCUT2D eigenvalue weighted by atomic mass is 10.1. The van der Waals surface area contributed by atoms with E-state index in [4.69, 9.17) is 9.47 Å². The number of carbonyl (C=O) groups excluding carboxylic acids is 2. The second-order valence-electron chi connectivity index (χ2n) is 6.01. The first-order valence-corrected chi connectivity index (χ1v) is 8.63. The molecule has 1 aliphatic heterocycles. The van der Waals surface area contributed by atoms with E-state index < -0.39 is 0 Å². The maximum Gasteiger partial charge on any atom is 0.262 e. The molecule has 26 heavy (non-hydrogen) atoms. The minimum atomic E-state index is -0.236. The Morgan fingerprint density at radius 2 is 1.77 bits per heavy atom. The second kappa shape index (κ2) is 7.91. The second-order valence-corrected chi connectivity index (χ2v) is 6.01. The van der Waals surface area contributed by atoms with Crippen LogP contribution in [0.3, 0.4) is 0 Å². The molecule has 2 aromatic rings. The van der Waals surface area contributed by atoms with Crippen LogP contribution in [0.1, 0.15) is 19.4 Å². The van der Waals surface area contributed by atoms with Crippen LogP contribution in [0.25, 0.3) is 0 Å². The Balaban J connectivity index is 1.54. The molecule has 0 aromatic heterocycles. The van der Waals surface area contributed by atoms with Gasteiger partial charge in [-0.15, -0.1) is 0 Å². The van der Waals surface area contributed by atoms with E-state index in [2.05, 4.69) is 5.32 Å². The third-order valence-electron chi connectivity index (χ3n) is 4.14. The van der Waals surface area contributed by atoms with Crippen LogP contribution in [0.15, 0.2) is 42.5 Å². The van der Waals surface area contributed by atoms with Gasteiger partial charge in [-0.3, -0.25) is 9.59 Å². The minimum absolute atomic E-state index is 0.0318. The summed E-state index contributed by atoms with van der Waals surface area (Å²) in [5.74, 6) is 1.17. The van der Waals surface area contributed by atoms with E-state index in [0.717, 1.165) is 23.4 Å². The molecule has 0 bridgehead atoms. The third-order valence-corrected chi connectivity index (χ3v) is 4.14. The lowest BCUT2D eigenvalue weighted by molar-refractivity contribution is -0.118. The summed E-state index contributed by atoms with van der Waals surface area (Å²) in [7, 11) is 0.